The van der Waals surface area contributed by atoms with Crippen LogP contribution in [0.4, 0.5) is 0 Å². The maximum atomic E-state index is 13.3. The molecule has 1 saturated heterocycles. The number of Topliss-reactive ketones (excluding diaryl/α,β-unsaturated/α-hetero) is 1. The van der Waals surface area contributed by atoms with Crippen LogP contribution in [0.2, 0.25) is 0 Å². The Bertz CT molecular complexity index is 1230. The van der Waals surface area contributed by atoms with Gasteiger partial charge in [0.15, 0.2) is 0 Å². The van der Waals surface area contributed by atoms with Crippen molar-refractivity contribution in [3.63, 3.8) is 0 Å². The molecule has 3 aromatic rings. The van der Waals surface area contributed by atoms with Crippen LogP contribution < -0.4 is 9.47 Å². The smallest absolute Gasteiger partial charge is 0.295 e. The fourth-order valence-electron chi connectivity index (χ4n) is 4.31. The molecule has 1 fully saturated rings. The van der Waals surface area contributed by atoms with Gasteiger partial charge in [0.2, 0.25) is 0 Å². The Kier molecular flexibility index (Phi) is 8.06. The molecule has 1 amide bonds. The predicted molar refractivity (Wildman–Crippen MR) is 139 cm³/mol. The first-order valence-electron chi connectivity index (χ1n) is 12.3. The molecule has 1 unspecified atom stereocenters. The van der Waals surface area contributed by atoms with Gasteiger partial charge in [0.1, 0.15) is 17.3 Å². The first kappa shape index (κ1) is 25.0. The molecule has 0 spiro atoms. The number of ketones is 1. The van der Waals surface area contributed by atoms with Gasteiger partial charge in [-0.1, -0.05) is 55.8 Å². The summed E-state index contributed by atoms with van der Waals surface area (Å²) in [6, 6.07) is 23.0. The number of nitrogens with zero attached hydrogens (tertiary/aromatic N) is 1. The second kappa shape index (κ2) is 11.6. The van der Waals surface area contributed by atoms with E-state index in [4.69, 9.17) is 9.47 Å². The molecule has 1 heterocycles. The Hall–Kier alpha value is -4.06. The van der Waals surface area contributed by atoms with Gasteiger partial charge in [-0.2, -0.15) is 0 Å². The summed E-state index contributed by atoms with van der Waals surface area (Å²) < 4.78 is 11.4. The molecule has 1 aliphatic rings. The van der Waals surface area contributed by atoms with Crippen molar-refractivity contribution in [2.24, 2.45) is 0 Å². The molecule has 0 aliphatic carbocycles. The van der Waals surface area contributed by atoms with Crippen LogP contribution in [0.1, 0.15) is 49.4 Å². The van der Waals surface area contributed by atoms with E-state index in [1.165, 1.54) is 4.90 Å². The number of aliphatic hydroxyl groups excluding tert-OH is 1. The minimum atomic E-state index is -0.758. The SMILES string of the molecule is CCCCOc1cccc(C2C(=C(O)c3ccc(OCC)cc3)C(=O)C(=O)N2Cc2ccccc2)c1. The van der Waals surface area contributed by atoms with Crippen LogP contribution in [-0.4, -0.2) is 34.9 Å². The van der Waals surface area contributed by atoms with Gasteiger partial charge in [0.25, 0.3) is 11.7 Å². The fraction of sp³-hybridized carbons (Fsp3) is 0.267. The molecule has 3 aromatic carbocycles. The number of likely N-dealkylation sites (tertiary alicyclic amines) is 1. The zero-order chi connectivity index (χ0) is 25.5. The van der Waals surface area contributed by atoms with Crippen LogP contribution in [0.5, 0.6) is 11.5 Å². The average Bonchev–Trinajstić information content (AvgIpc) is 3.15. The van der Waals surface area contributed by atoms with E-state index in [2.05, 4.69) is 6.92 Å². The summed E-state index contributed by atoms with van der Waals surface area (Å²) >= 11 is 0. The van der Waals surface area contributed by atoms with Gasteiger partial charge >= 0.3 is 0 Å². The molecule has 0 radical (unpaired) electrons. The molecular formula is C30H31NO5. The second-order valence-corrected chi connectivity index (χ2v) is 8.64. The number of benzene rings is 3. The maximum absolute atomic E-state index is 13.3. The Morgan fingerprint density at radius 1 is 0.889 bits per heavy atom. The van der Waals surface area contributed by atoms with Crippen LogP contribution in [0.3, 0.4) is 0 Å². The molecule has 0 aromatic heterocycles. The van der Waals surface area contributed by atoms with Crippen LogP contribution in [-0.2, 0) is 16.1 Å². The van der Waals surface area contributed by atoms with E-state index < -0.39 is 17.7 Å². The standard InChI is InChI=1S/C30H31NO5/c1-3-5-18-36-25-13-9-12-23(19-25)27-26(28(32)22-14-16-24(17-15-22)35-4-2)29(33)30(34)31(27)20-21-10-7-6-8-11-21/h6-17,19,27,32H,3-5,18,20H2,1-2H3. The highest BCUT2D eigenvalue weighted by atomic mass is 16.5. The number of rotatable bonds is 10. The van der Waals surface area contributed by atoms with E-state index >= 15 is 0 Å². The summed E-state index contributed by atoms with van der Waals surface area (Å²) in [5, 5.41) is 11.3. The second-order valence-electron chi connectivity index (χ2n) is 8.64. The van der Waals surface area contributed by atoms with E-state index in [0.717, 1.165) is 18.4 Å². The molecule has 1 atom stereocenters. The highest BCUT2D eigenvalue weighted by Gasteiger charge is 2.46. The lowest BCUT2D eigenvalue weighted by Gasteiger charge is -2.26. The largest absolute Gasteiger partial charge is 0.507 e. The van der Waals surface area contributed by atoms with Crippen molar-refractivity contribution in [3.8, 4) is 11.5 Å². The molecule has 6 heteroatoms. The van der Waals surface area contributed by atoms with Crippen molar-refractivity contribution in [1.29, 1.82) is 0 Å². The quantitative estimate of drug-likeness (QED) is 0.168. The number of aliphatic hydroxyl groups is 1. The zero-order valence-electron chi connectivity index (χ0n) is 20.6. The van der Waals surface area contributed by atoms with Crippen LogP contribution in [0, 0.1) is 0 Å². The Morgan fingerprint density at radius 3 is 2.33 bits per heavy atom. The number of carbonyl (C=O) groups is 2. The highest BCUT2D eigenvalue weighted by Crippen LogP contribution is 2.41. The number of amides is 1. The van der Waals surface area contributed by atoms with Crippen LogP contribution >= 0.6 is 0 Å². The lowest BCUT2D eigenvalue weighted by Crippen LogP contribution is -2.29. The van der Waals surface area contributed by atoms with Gasteiger partial charge in [0, 0.05) is 12.1 Å². The summed E-state index contributed by atoms with van der Waals surface area (Å²) in [6.07, 6.45) is 1.94. The number of hydrogen-bond acceptors (Lipinski definition) is 5. The van der Waals surface area contributed by atoms with Gasteiger partial charge in [-0.05, 0) is 60.9 Å². The van der Waals surface area contributed by atoms with E-state index in [0.29, 0.717) is 35.8 Å². The van der Waals surface area contributed by atoms with Crippen molar-refractivity contribution in [3.05, 3.63) is 101 Å². The molecule has 6 nitrogen and oxygen atoms in total. The van der Waals surface area contributed by atoms with Gasteiger partial charge in [0.05, 0.1) is 24.8 Å². The lowest BCUT2D eigenvalue weighted by atomic mass is 9.95. The van der Waals surface area contributed by atoms with Gasteiger partial charge in [-0.25, -0.2) is 0 Å². The molecular weight excluding hydrogens is 454 g/mol. The van der Waals surface area contributed by atoms with Crippen molar-refractivity contribution >= 4 is 17.4 Å². The molecule has 0 saturated carbocycles. The number of carbonyl (C=O) groups excluding carboxylic acids is 2. The maximum Gasteiger partial charge on any atom is 0.295 e. The third-order valence-corrected chi connectivity index (χ3v) is 6.11. The van der Waals surface area contributed by atoms with Gasteiger partial charge in [-0.3, -0.25) is 9.59 Å². The van der Waals surface area contributed by atoms with E-state index in [1.54, 1.807) is 24.3 Å². The topological polar surface area (TPSA) is 76.1 Å². The zero-order valence-corrected chi connectivity index (χ0v) is 20.6. The summed E-state index contributed by atoms with van der Waals surface area (Å²) in [5.74, 6) is -0.248. The Morgan fingerprint density at radius 2 is 1.64 bits per heavy atom. The molecule has 0 bridgehead atoms. The predicted octanol–water partition coefficient (Wildman–Crippen LogP) is 5.89. The monoisotopic (exact) mass is 485 g/mol. The van der Waals surface area contributed by atoms with Crippen molar-refractivity contribution in [2.45, 2.75) is 39.3 Å². The van der Waals surface area contributed by atoms with Crippen molar-refractivity contribution in [2.75, 3.05) is 13.2 Å². The third-order valence-electron chi connectivity index (χ3n) is 6.11. The van der Waals surface area contributed by atoms with Gasteiger partial charge < -0.3 is 19.5 Å². The number of unbranched alkanes of at least 4 members (excludes halogenated alkanes) is 1. The summed E-state index contributed by atoms with van der Waals surface area (Å²) in [5.41, 5.74) is 2.09. The highest BCUT2D eigenvalue weighted by molar-refractivity contribution is 6.46. The van der Waals surface area contributed by atoms with E-state index in [-0.39, 0.29) is 17.9 Å². The minimum Gasteiger partial charge on any atom is -0.507 e. The Balaban J connectivity index is 1.78. The third kappa shape index (κ3) is 5.43. The molecule has 186 valence electrons. The minimum absolute atomic E-state index is 0.0609. The molecule has 36 heavy (non-hydrogen) atoms. The molecule has 1 aliphatic heterocycles. The lowest BCUT2D eigenvalue weighted by molar-refractivity contribution is -0.140. The van der Waals surface area contributed by atoms with Crippen molar-refractivity contribution in [1.82, 2.24) is 4.90 Å². The number of ether oxygens (including phenoxy) is 2. The molecule has 1 N–H and O–H groups in total. The van der Waals surface area contributed by atoms with Gasteiger partial charge in [-0.15, -0.1) is 0 Å². The van der Waals surface area contributed by atoms with E-state index in [1.807, 2.05) is 61.5 Å². The van der Waals surface area contributed by atoms with E-state index in [9.17, 15) is 14.7 Å². The normalized spacial score (nSPS) is 16.8. The summed E-state index contributed by atoms with van der Waals surface area (Å²) in [4.78, 5) is 28.1. The van der Waals surface area contributed by atoms with Crippen LogP contribution in [0.25, 0.3) is 5.76 Å². The summed E-state index contributed by atoms with van der Waals surface area (Å²) in [7, 11) is 0. The first-order valence-corrected chi connectivity index (χ1v) is 12.3. The fourth-order valence-corrected chi connectivity index (χ4v) is 4.31. The first-order chi connectivity index (χ1) is 17.5. The number of hydrogen-bond donors (Lipinski definition) is 1. The summed E-state index contributed by atoms with van der Waals surface area (Å²) in [6.45, 7) is 5.32. The van der Waals surface area contributed by atoms with Crippen molar-refractivity contribution < 1.29 is 24.2 Å². The molecule has 4 rings (SSSR count). The van der Waals surface area contributed by atoms with Crippen LogP contribution in [0.15, 0.2) is 84.4 Å². The Labute approximate surface area is 211 Å². The average molecular weight is 486 g/mol.